The third kappa shape index (κ3) is 8.13. The number of nitrogens with zero attached hydrogens (tertiary/aromatic N) is 1. The molecule has 0 fully saturated rings. The van der Waals surface area contributed by atoms with Crippen LogP contribution in [-0.2, 0) is 6.61 Å². The van der Waals surface area contributed by atoms with Gasteiger partial charge in [-0.1, -0.05) is 115 Å². The van der Waals surface area contributed by atoms with Gasteiger partial charge in [-0.05, 0) is 44.0 Å². The monoisotopic (exact) mass is 555 g/mol. The summed E-state index contributed by atoms with van der Waals surface area (Å²) in [5.74, 6) is 1.51. The van der Waals surface area contributed by atoms with Gasteiger partial charge in [-0.2, -0.15) is 0 Å². The molecule has 0 saturated carbocycles. The van der Waals surface area contributed by atoms with E-state index >= 15 is 0 Å². The largest absolute Gasteiger partial charge is 0.489 e. The summed E-state index contributed by atoms with van der Waals surface area (Å²) < 4.78 is 11.9. The third-order valence-corrected chi connectivity index (χ3v) is 6.61. The van der Waals surface area contributed by atoms with Crippen LogP contribution in [0.15, 0.2) is 94.1 Å². The number of aromatic nitrogens is 1. The summed E-state index contributed by atoms with van der Waals surface area (Å²) in [5, 5.41) is 5.23. The van der Waals surface area contributed by atoms with Crippen LogP contribution in [0.5, 0.6) is 5.75 Å². The maximum atomic E-state index is 6.61. The number of hydrogen-bond acceptors (Lipinski definition) is 3. The van der Waals surface area contributed by atoms with Crippen LogP contribution in [0.2, 0.25) is 5.02 Å². The Bertz CT molecular complexity index is 1310. The van der Waals surface area contributed by atoms with E-state index in [9.17, 15) is 0 Å². The molecule has 1 aromatic heterocycles. The molecule has 1 atom stereocenters. The van der Waals surface area contributed by atoms with Gasteiger partial charge in [0.2, 0.25) is 0 Å². The van der Waals surface area contributed by atoms with Gasteiger partial charge in [0, 0.05) is 16.5 Å². The Balaban J connectivity index is 1.83. The van der Waals surface area contributed by atoms with Gasteiger partial charge in [0.1, 0.15) is 23.8 Å². The zero-order chi connectivity index (χ0) is 26.9. The quantitative estimate of drug-likeness (QED) is 0.175. The standard InChI is InChI=1S/C31H32Cl3NO2/c1-6-9-21(4)16-22(5)12-13-23-14-15-25(18-29(23)34)36-19-27-30(35-37-31(27)20(2)3)26-17-24(32)10-7-8-11-28(26)33/h6-7,9-18,20,24H,1,8,19H2,2-5H3/b10-7-,13-12+,21-9-,22-16+,26-17?,28-11+. The molecule has 1 aromatic carbocycles. The Morgan fingerprint density at radius 2 is 2.03 bits per heavy atom. The highest BCUT2D eigenvalue weighted by Gasteiger charge is 2.24. The Labute approximate surface area is 235 Å². The van der Waals surface area contributed by atoms with Gasteiger partial charge in [-0.25, -0.2) is 0 Å². The van der Waals surface area contributed by atoms with E-state index in [2.05, 4.69) is 17.8 Å². The van der Waals surface area contributed by atoms with Gasteiger partial charge in [0.25, 0.3) is 0 Å². The highest BCUT2D eigenvalue weighted by molar-refractivity contribution is 6.37. The summed E-state index contributed by atoms with van der Waals surface area (Å²) >= 11 is 19.6. The van der Waals surface area contributed by atoms with Crippen LogP contribution in [-0.4, -0.2) is 10.5 Å². The first kappa shape index (κ1) is 28.8. The highest BCUT2D eigenvalue weighted by atomic mass is 35.5. The number of alkyl halides is 1. The van der Waals surface area contributed by atoms with Crippen LogP contribution in [0.4, 0.5) is 0 Å². The van der Waals surface area contributed by atoms with Crippen molar-refractivity contribution in [1.82, 2.24) is 5.16 Å². The lowest BCUT2D eigenvalue weighted by Gasteiger charge is -2.13. The molecule has 0 radical (unpaired) electrons. The molecule has 3 rings (SSSR count). The molecule has 0 amide bonds. The molecular weight excluding hydrogens is 525 g/mol. The summed E-state index contributed by atoms with van der Waals surface area (Å²) in [4.78, 5) is 0. The van der Waals surface area contributed by atoms with Crippen LogP contribution in [0.1, 0.15) is 62.6 Å². The molecule has 1 aliphatic carbocycles. The lowest BCUT2D eigenvalue weighted by Crippen LogP contribution is -2.04. The van der Waals surface area contributed by atoms with Crippen molar-refractivity contribution in [2.45, 2.75) is 52.0 Å². The van der Waals surface area contributed by atoms with Crippen LogP contribution >= 0.6 is 34.8 Å². The fourth-order valence-corrected chi connectivity index (χ4v) is 4.56. The van der Waals surface area contributed by atoms with Crippen LogP contribution in [0, 0.1) is 0 Å². The van der Waals surface area contributed by atoms with Gasteiger partial charge in [-0.15, -0.1) is 11.6 Å². The normalized spacial score (nSPS) is 19.3. The lowest BCUT2D eigenvalue weighted by atomic mass is 9.99. The predicted octanol–water partition coefficient (Wildman–Crippen LogP) is 10.2. The molecule has 0 bridgehead atoms. The van der Waals surface area contributed by atoms with Crippen molar-refractivity contribution in [3.63, 3.8) is 0 Å². The second kappa shape index (κ2) is 13.7. The first-order chi connectivity index (χ1) is 17.7. The molecule has 6 heteroatoms. The summed E-state index contributed by atoms with van der Waals surface area (Å²) in [6, 6.07) is 5.65. The lowest BCUT2D eigenvalue weighted by molar-refractivity contribution is 0.298. The molecule has 1 heterocycles. The average Bonchev–Trinajstić information content (AvgIpc) is 3.26. The van der Waals surface area contributed by atoms with Crippen molar-refractivity contribution in [3.05, 3.63) is 117 Å². The van der Waals surface area contributed by atoms with Crippen molar-refractivity contribution in [3.8, 4) is 5.75 Å². The van der Waals surface area contributed by atoms with Crippen molar-refractivity contribution >= 4 is 46.5 Å². The number of allylic oxidation sites excluding steroid dienone is 12. The molecule has 1 aliphatic rings. The maximum Gasteiger partial charge on any atom is 0.146 e. The molecule has 3 nitrogen and oxygen atoms in total. The molecule has 0 spiro atoms. The van der Waals surface area contributed by atoms with Gasteiger partial charge in [0.05, 0.1) is 16.0 Å². The second-order valence-corrected chi connectivity index (χ2v) is 10.4. The van der Waals surface area contributed by atoms with E-state index < -0.39 is 0 Å². The number of rotatable bonds is 9. The molecule has 2 aromatic rings. The molecule has 0 aliphatic heterocycles. The van der Waals surface area contributed by atoms with E-state index in [4.69, 9.17) is 44.1 Å². The smallest absolute Gasteiger partial charge is 0.146 e. The van der Waals surface area contributed by atoms with Crippen molar-refractivity contribution in [2.75, 3.05) is 0 Å². The molecule has 0 saturated heterocycles. The predicted molar refractivity (Wildman–Crippen MR) is 158 cm³/mol. The van der Waals surface area contributed by atoms with Crippen molar-refractivity contribution < 1.29 is 9.26 Å². The maximum absolute atomic E-state index is 6.61. The zero-order valence-electron chi connectivity index (χ0n) is 21.6. The van der Waals surface area contributed by atoms with Crippen LogP contribution in [0.25, 0.3) is 11.6 Å². The minimum atomic E-state index is -0.301. The fourth-order valence-electron chi connectivity index (χ4n) is 3.85. The first-order valence-electron chi connectivity index (χ1n) is 12.1. The van der Waals surface area contributed by atoms with E-state index in [-0.39, 0.29) is 17.9 Å². The van der Waals surface area contributed by atoms with E-state index in [1.165, 1.54) is 0 Å². The molecule has 0 N–H and O–H groups in total. The Morgan fingerprint density at radius 1 is 1.24 bits per heavy atom. The van der Waals surface area contributed by atoms with E-state index in [0.29, 0.717) is 27.9 Å². The molecule has 37 heavy (non-hydrogen) atoms. The van der Waals surface area contributed by atoms with E-state index in [1.54, 1.807) is 6.08 Å². The molecular formula is C31H32Cl3NO2. The topological polar surface area (TPSA) is 35.3 Å². The van der Waals surface area contributed by atoms with E-state index in [1.807, 2.05) is 88.4 Å². The Morgan fingerprint density at radius 3 is 2.73 bits per heavy atom. The van der Waals surface area contributed by atoms with Crippen molar-refractivity contribution in [1.29, 1.82) is 0 Å². The van der Waals surface area contributed by atoms with Gasteiger partial charge < -0.3 is 9.26 Å². The SMILES string of the molecule is C=C\C=C(C)/C=C(C)/C=C/c1ccc(OCc2c(C3=CC(Cl)/C=C\C/C=C\3Cl)noc2C(C)C)cc1Cl. The first-order valence-corrected chi connectivity index (χ1v) is 13.3. The van der Waals surface area contributed by atoms with Gasteiger partial charge >= 0.3 is 0 Å². The molecule has 1 unspecified atom stereocenters. The fraction of sp³-hybridized carbons (Fsp3) is 0.258. The number of halogens is 3. The Hall–Kier alpha value is -2.72. The summed E-state index contributed by atoms with van der Waals surface area (Å²) in [5.41, 5.74) is 5.36. The number of ether oxygens (including phenoxy) is 1. The number of hydrogen-bond donors (Lipinski definition) is 0. The summed E-state index contributed by atoms with van der Waals surface area (Å²) in [6.45, 7) is 12.2. The molecule has 194 valence electrons. The summed E-state index contributed by atoms with van der Waals surface area (Å²) in [7, 11) is 0. The third-order valence-electron chi connectivity index (χ3n) is 5.65. The van der Waals surface area contributed by atoms with Crippen molar-refractivity contribution in [2.24, 2.45) is 0 Å². The minimum absolute atomic E-state index is 0.112. The Kier molecular flexibility index (Phi) is 10.7. The van der Waals surface area contributed by atoms with Gasteiger partial charge in [-0.3, -0.25) is 0 Å². The second-order valence-electron chi connectivity index (χ2n) is 9.11. The number of benzene rings is 1. The van der Waals surface area contributed by atoms with Crippen LogP contribution in [0.3, 0.4) is 0 Å². The zero-order valence-corrected chi connectivity index (χ0v) is 23.9. The minimum Gasteiger partial charge on any atom is -0.489 e. The van der Waals surface area contributed by atoms with E-state index in [0.717, 1.165) is 33.6 Å². The average molecular weight is 557 g/mol. The van der Waals surface area contributed by atoms with Crippen LogP contribution < -0.4 is 4.74 Å². The highest BCUT2D eigenvalue weighted by Crippen LogP contribution is 2.35. The summed E-state index contributed by atoms with van der Waals surface area (Å²) in [6.07, 6.45) is 18.3. The van der Waals surface area contributed by atoms with Gasteiger partial charge in [0.15, 0.2) is 0 Å².